The zero-order valence-electron chi connectivity index (χ0n) is 14.6. The van der Waals surface area contributed by atoms with Crippen LogP contribution in [0.1, 0.15) is 6.92 Å². The number of anilines is 1. The average molecular weight is 433 g/mol. The van der Waals surface area contributed by atoms with E-state index in [4.69, 9.17) is 32.4 Å². The van der Waals surface area contributed by atoms with Crippen LogP contribution >= 0.6 is 23.2 Å². The number of halogens is 5. The first-order chi connectivity index (χ1) is 13.2. The van der Waals surface area contributed by atoms with E-state index in [-0.39, 0.29) is 33.7 Å². The highest BCUT2D eigenvalue weighted by Gasteiger charge is 2.42. The quantitative estimate of drug-likeness (QED) is 0.528. The first-order valence-corrected chi connectivity index (χ1v) is 8.74. The van der Waals surface area contributed by atoms with Gasteiger partial charge in [-0.15, -0.1) is 0 Å². The largest absolute Gasteiger partial charge is 0.494 e. The van der Waals surface area contributed by atoms with Crippen LogP contribution < -0.4 is 9.64 Å². The Morgan fingerprint density at radius 2 is 1.86 bits per heavy atom. The number of hydrogen-bond donors (Lipinski definition) is 0. The van der Waals surface area contributed by atoms with Gasteiger partial charge in [0.25, 0.3) is 0 Å². The van der Waals surface area contributed by atoms with Gasteiger partial charge in [0.2, 0.25) is 5.89 Å². The molecule has 0 aliphatic carbocycles. The molecule has 28 heavy (non-hydrogen) atoms. The smallest absolute Gasteiger partial charge is 0.471 e. The van der Waals surface area contributed by atoms with Gasteiger partial charge >= 0.3 is 12.1 Å². The maximum Gasteiger partial charge on any atom is 0.471 e. The molecule has 0 N–H and O–H groups in total. The number of benzene rings is 2. The molecule has 0 spiro atoms. The summed E-state index contributed by atoms with van der Waals surface area (Å²) in [5, 5.41) is 0.502. The van der Waals surface area contributed by atoms with E-state index < -0.39 is 12.1 Å². The van der Waals surface area contributed by atoms with Crippen LogP contribution in [0.4, 0.5) is 18.9 Å². The molecule has 3 rings (SSSR count). The second-order valence-corrected chi connectivity index (χ2v) is 6.51. The van der Waals surface area contributed by atoms with Gasteiger partial charge in [-0.1, -0.05) is 23.2 Å². The van der Waals surface area contributed by atoms with Crippen LogP contribution in [-0.4, -0.2) is 30.7 Å². The Morgan fingerprint density at radius 3 is 2.39 bits per heavy atom. The normalized spacial score (nSPS) is 11.7. The third kappa shape index (κ3) is 3.74. The monoisotopic (exact) mass is 432 g/mol. The summed E-state index contributed by atoms with van der Waals surface area (Å²) in [5.74, 6) is -1.48. The topological polar surface area (TPSA) is 55.6 Å². The first kappa shape index (κ1) is 20.3. The molecule has 0 unspecified atom stereocenters. The van der Waals surface area contributed by atoms with Crippen LogP contribution in [0.5, 0.6) is 5.75 Å². The third-order valence-corrected chi connectivity index (χ3v) is 4.50. The lowest BCUT2D eigenvalue weighted by Gasteiger charge is -2.21. The lowest BCUT2D eigenvalue weighted by Crippen LogP contribution is -2.41. The van der Waals surface area contributed by atoms with E-state index in [1.165, 1.54) is 32.2 Å². The molecule has 0 bridgehead atoms. The van der Waals surface area contributed by atoms with E-state index in [1.807, 2.05) is 0 Å². The number of methoxy groups -OCH3 is 1. The van der Waals surface area contributed by atoms with Gasteiger partial charge in [-0.2, -0.15) is 13.2 Å². The minimum Gasteiger partial charge on any atom is -0.494 e. The fourth-order valence-electron chi connectivity index (χ4n) is 2.68. The lowest BCUT2D eigenvalue weighted by molar-refractivity contribution is -0.170. The second-order valence-electron chi connectivity index (χ2n) is 5.69. The Bertz CT molecular complexity index is 1030. The van der Waals surface area contributed by atoms with E-state index in [0.29, 0.717) is 21.8 Å². The number of oxazole rings is 1. The van der Waals surface area contributed by atoms with Crippen molar-refractivity contribution in [1.82, 2.24) is 4.98 Å². The number of hydrogen-bond acceptors (Lipinski definition) is 4. The summed E-state index contributed by atoms with van der Waals surface area (Å²) < 4.78 is 49.1. The van der Waals surface area contributed by atoms with Gasteiger partial charge < -0.3 is 14.1 Å². The van der Waals surface area contributed by atoms with Gasteiger partial charge in [-0.3, -0.25) is 4.79 Å². The number of aromatic nitrogens is 1. The molecule has 0 saturated heterocycles. The maximum atomic E-state index is 12.8. The number of nitrogens with zero attached hydrogens (tertiary/aromatic N) is 2. The SMILES string of the molecule is CCN(C(=O)C(F)(F)F)c1ccc2oc(-c3cc(Cl)c(OC)c(Cl)c3)nc2c1. The fraction of sp³-hybridized carbons (Fsp3) is 0.222. The molecule has 2 aromatic carbocycles. The number of rotatable bonds is 4. The predicted octanol–water partition coefficient (Wildman–Crippen LogP) is 5.73. The van der Waals surface area contributed by atoms with E-state index in [9.17, 15) is 18.0 Å². The molecule has 1 heterocycles. The van der Waals surface area contributed by atoms with Crippen molar-refractivity contribution in [2.24, 2.45) is 0 Å². The molecular weight excluding hydrogens is 420 g/mol. The van der Waals surface area contributed by atoms with Gasteiger partial charge in [0.1, 0.15) is 5.52 Å². The Balaban J connectivity index is 2.03. The van der Waals surface area contributed by atoms with Gasteiger partial charge in [0, 0.05) is 17.8 Å². The fourth-order valence-corrected chi connectivity index (χ4v) is 3.32. The third-order valence-electron chi connectivity index (χ3n) is 3.94. The standard InChI is InChI=1S/C18H13Cl2F3N2O3/c1-3-25(17(26)18(21,22)23)10-4-5-14-13(8-10)24-16(28-14)9-6-11(19)15(27-2)12(20)7-9/h4-8H,3H2,1-2H3. The molecule has 10 heteroatoms. The zero-order valence-corrected chi connectivity index (χ0v) is 16.1. The highest BCUT2D eigenvalue weighted by molar-refractivity contribution is 6.37. The molecule has 1 amide bonds. The summed E-state index contributed by atoms with van der Waals surface area (Å²) in [6, 6.07) is 7.24. The highest BCUT2D eigenvalue weighted by Crippen LogP contribution is 2.38. The first-order valence-electron chi connectivity index (χ1n) is 7.98. The van der Waals surface area contributed by atoms with Crippen molar-refractivity contribution >= 4 is 45.9 Å². The van der Waals surface area contributed by atoms with Crippen molar-refractivity contribution in [1.29, 1.82) is 0 Å². The number of carbonyl (C=O) groups is 1. The highest BCUT2D eigenvalue weighted by atomic mass is 35.5. The minimum absolute atomic E-state index is 0.0583. The van der Waals surface area contributed by atoms with Gasteiger partial charge in [0.15, 0.2) is 11.3 Å². The average Bonchev–Trinajstić information content (AvgIpc) is 3.04. The van der Waals surface area contributed by atoms with Crippen LogP contribution in [0.3, 0.4) is 0 Å². The van der Waals surface area contributed by atoms with Crippen molar-refractivity contribution in [3.63, 3.8) is 0 Å². The number of alkyl halides is 3. The molecule has 1 aromatic heterocycles. The van der Waals surface area contributed by atoms with Crippen molar-refractivity contribution in [3.8, 4) is 17.2 Å². The van der Waals surface area contributed by atoms with Crippen molar-refractivity contribution in [2.75, 3.05) is 18.6 Å². The van der Waals surface area contributed by atoms with Crippen LogP contribution in [0.15, 0.2) is 34.7 Å². The van der Waals surface area contributed by atoms with Crippen molar-refractivity contribution in [3.05, 3.63) is 40.4 Å². The number of amides is 1. The van der Waals surface area contributed by atoms with Crippen LogP contribution in [0, 0.1) is 0 Å². The Labute approximate surface area is 167 Å². The second kappa shape index (κ2) is 7.52. The van der Waals surface area contributed by atoms with E-state index in [2.05, 4.69) is 4.98 Å². The molecule has 0 aliphatic heterocycles. The summed E-state index contributed by atoms with van der Waals surface area (Å²) in [6.45, 7) is 1.29. The predicted molar refractivity (Wildman–Crippen MR) is 100 cm³/mol. The van der Waals surface area contributed by atoms with Crippen LogP contribution in [0.2, 0.25) is 10.0 Å². The summed E-state index contributed by atoms with van der Waals surface area (Å²) in [5.41, 5.74) is 1.14. The number of fused-ring (bicyclic) bond motifs is 1. The summed E-state index contributed by atoms with van der Waals surface area (Å²) in [4.78, 5) is 16.5. The maximum absolute atomic E-state index is 12.8. The number of ether oxygens (including phenoxy) is 1. The molecule has 3 aromatic rings. The van der Waals surface area contributed by atoms with Crippen molar-refractivity contribution < 1.29 is 27.1 Å². The van der Waals surface area contributed by atoms with Crippen molar-refractivity contribution in [2.45, 2.75) is 13.1 Å². The van der Waals surface area contributed by atoms with Crippen LogP contribution in [-0.2, 0) is 4.79 Å². The van der Waals surface area contributed by atoms with Gasteiger partial charge in [-0.25, -0.2) is 4.98 Å². The Morgan fingerprint density at radius 1 is 1.21 bits per heavy atom. The zero-order chi connectivity index (χ0) is 20.6. The van der Waals surface area contributed by atoms with E-state index in [0.717, 1.165) is 0 Å². The molecule has 0 atom stereocenters. The molecule has 148 valence electrons. The molecule has 5 nitrogen and oxygen atoms in total. The molecule has 0 saturated carbocycles. The van der Waals surface area contributed by atoms with E-state index >= 15 is 0 Å². The minimum atomic E-state index is -4.98. The molecule has 0 aliphatic rings. The molecule has 0 radical (unpaired) electrons. The molecular formula is C18H13Cl2F3N2O3. The van der Waals surface area contributed by atoms with Gasteiger partial charge in [-0.05, 0) is 37.3 Å². The van der Waals surface area contributed by atoms with Gasteiger partial charge in [0.05, 0.1) is 17.2 Å². The Hall–Kier alpha value is -2.45. The summed E-state index contributed by atoms with van der Waals surface area (Å²) in [7, 11) is 1.43. The van der Waals surface area contributed by atoms with E-state index in [1.54, 1.807) is 12.1 Å². The summed E-state index contributed by atoms with van der Waals surface area (Å²) in [6.07, 6.45) is -4.98. The molecule has 0 fully saturated rings. The van der Waals surface area contributed by atoms with Crippen LogP contribution in [0.25, 0.3) is 22.6 Å². The number of carbonyl (C=O) groups excluding carboxylic acids is 1. The summed E-state index contributed by atoms with van der Waals surface area (Å²) >= 11 is 12.2. The lowest BCUT2D eigenvalue weighted by atomic mass is 10.2. The Kier molecular flexibility index (Phi) is 5.45.